The molecule has 0 atom stereocenters. The number of aromatic nitrogens is 2. The van der Waals surface area contributed by atoms with E-state index in [0.717, 1.165) is 11.1 Å². The Morgan fingerprint density at radius 1 is 1.00 bits per heavy atom. The van der Waals surface area contributed by atoms with Crippen molar-refractivity contribution in [3.63, 3.8) is 0 Å². The fourth-order valence-electron chi connectivity index (χ4n) is 1.14. The van der Waals surface area contributed by atoms with Crippen molar-refractivity contribution in [3.05, 3.63) is 42.6 Å². The zero-order valence-electron chi connectivity index (χ0n) is 6.88. The van der Waals surface area contributed by atoms with Gasteiger partial charge in [0.05, 0.1) is 6.20 Å². The maximum absolute atomic E-state index is 9.10. The zero-order valence-corrected chi connectivity index (χ0v) is 6.88. The molecule has 3 nitrogen and oxygen atoms in total. The molecular weight excluding hydrogens is 164 g/mol. The van der Waals surface area contributed by atoms with Gasteiger partial charge in [0.2, 0.25) is 5.88 Å². The lowest BCUT2D eigenvalue weighted by Gasteiger charge is -1.99. The Morgan fingerprint density at radius 2 is 1.77 bits per heavy atom. The minimum atomic E-state index is -0.0543. The van der Waals surface area contributed by atoms with E-state index in [1.807, 2.05) is 30.3 Å². The third-order valence-electron chi connectivity index (χ3n) is 1.75. The largest absolute Gasteiger partial charge is 0.492 e. The van der Waals surface area contributed by atoms with Gasteiger partial charge >= 0.3 is 0 Å². The van der Waals surface area contributed by atoms with Gasteiger partial charge in [0.15, 0.2) is 0 Å². The van der Waals surface area contributed by atoms with E-state index < -0.39 is 0 Å². The van der Waals surface area contributed by atoms with Gasteiger partial charge in [-0.3, -0.25) is 0 Å². The van der Waals surface area contributed by atoms with Gasteiger partial charge in [-0.15, -0.1) is 5.10 Å². The molecule has 0 radical (unpaired) electrons. The lowest BCUT2D eigenvalue weighted by atomic mass is 10.1. The van der Waals surface area contributed by atoms with E-state index in [0.29, 0.717) is 0 Å². The number of rotatable bonds is 1. The van der Waals surface area contributed by atoms with Crippen molar-refractivity contribution in [2.75, 3.05) is 0 Å². The predicted molar refractivity (Wildman–Crippen MR) is 49.1 cm³/mol. The van der Waals surface area contributed by atoms with Gasteiger partial charge < -0.3 is 5.11 Å². The Labute approximate surface area is 75.7 Å². The van der Waals surface area contributed by atoms with Crippen molar-refractivity contribution in [1.29, 1.82) is 0 Å². The first-order chi connectivity index (χ1) is 6.36. The molecule has 2 rings (SSSR count). The Kier molecular flexibility index (Phi) is 1.92. The molecule has 64 valence electrons. The van der Waals surface area contributed by atoms with Crippen molar-refractivity contribution in [2.45, 2.75) is 0 Å². The molecule has 0 amide bonds. The number of aromatic hydroxyl groups is 1. The van der Waals surface area contributed by atoms with Crippen molar-refractivity contribution < 1.29 is 5.11 Å². The summed E-state index contributed by atoms with van der Waals surface area (Å²) >= 11 is 0. The van der Waals surface area contributed by atoms with Crippen LogP contribution in [0.3, 0.4) is 0 Å². The summed E-state index contributed by atoms with van der Waals surface area (Å²) in [4.78, 5) is 0. The summed E-state index contributed by atoms with van der Waals surface area (Å²) in [5.74, 6) is -0.0543. The lowest BCUT2D eigenvalue weighted by Crippen LogP contribution is -1.83. The molecule has 0 saturated heterocycles. The van der Waals surface area contributed by atoms with Crippen LogP contribution in [0.5, 0.6) is 5.88 Å². The van der Waals surface area contributed by atoms with Crippen LogP contribution in [0.15, 0.2) is 42.6 Å². The second-order valence-electron chi connectivity index (χ2n) is 2.67. The summed E-state index contributed by atoms with van der Waals surface area (Å²) in [5, 5.41) is 16.2. The fourth-order valence-corrected chi connectivity index (χ4v) is 1.14. The highest BCUT2D eigenvalue weighted by atomic mass is 16.3. The first-order valence-electron chi connectivity index (χ1n) is 3.93. The number of nitrogens with zero attached hydrogens (tertiary/aromatic N) is 2. The van der Waals surface area contributed by atoms with Gasteiger partial charge in [0, 0.05) is 11.6 Å². The van der Waals surface area contributed by atoms with E-state index in [1.165, 1.54) is 0 Å². The molecule has 13 heavy (non-hydrogen) atoms. The van der Waals surface area contributed by atoms with Gasteiger partial charge in [-0.25, -0.2) is 0 Å². The molecular formula is C10H8N2O. The molecule has 0 bridgehead atoms. The Bertz CT molecular complexity index is 401. The van der Waals surface area contributed by atoms with Crippen LogP contribution in [0.1, 0.15) is 0 Å². The van der Waals surface area contributed by atoms with E-state index in [-0.39, 0.29) is 5.88 Å². The normalized spacial score (nSPS) is 9.85. The molecule has 1 heterocycles. The first-order valence-corrected chi connectivity index (χ1v) is 3.93. The Morgan fingerprint density at radius 3 is 2.46 bits per heavy atom. The number of benzene rings is 1. The molecule has 0 aliphatic heterocycles. The first kappa shape index (κ1) is 7.73. The summed E-state index contributed by atoms with van der Waals surface area (Å²) < 4.78 is 0. The highest BCUT2D eigenvalue weighted by Gasteiger charge is 1.98. The second-order valence-corrected chi connectivity index (χ2v) is 2.67. The number of hydrogen-bond acceptors (Lipinski definition) is 3. The predicted octanol–water partition coefficient (Wildman–Crippen LogP) is 1.85. The molecule has 0 spiro atoms. The van der Waals surface area contributed by atoms with Gasteiger partial charge in [0.25, 0.3) is 0 Å². The third kappa shape index (κ3) is 1.64. The van der Waals surface area contributed by atoms with Crippen LogP contribution >= 0.6 is 0 Å². The lowest BCUT2D eigenvalue weighted by molar-refractivity contribution is 0.445. The SMILES string of the molecule is Oc1cc(-c2ccccc2)cnn1. The van der Waals surface area contributed by atoms with Crippen LogP contribution in [0.2, 0.25) is 0 Å². The standard InChI is InChI=1S/C10H8N2O/c13-10-6-9(7-11-12-10)8-4-2-1-3-5-8/h1-7H,(H,12,13). The van der Waals surface area contributed by atoms with Gasteiger partial charge in [-0.2, -0.15) is 5.10 Å². The second kappa shape index (κ2) is 3.23. The molecule has 1 N–H and O–H groups in total. The maximum atomic E-state index is 9.10. The van der Waals surface area contributed by atoms with Crippen molar-refractivity contribution in [2.24, 2.45) is 0 Å². The van der Waals surface area contributed by atoms with Gasteiger partial charge in [-0.05, 0) is 5.56 Å². The maximum Gasteiger partial charge on any atom is 0.231 e. The molecule has 3 heteroatoms. The molecule has 0 saturated carbocycles. The summed E-state index contributed by atoms with van der Waals surface area (Å²) in [5.41, 5.74) is 1.89. The van der Waals surface area contributed by atoms with E-state index >= 15 is 0 Å². The molecule has 1 aromatic carbocycles. The highest BCUT2D eigenvalue weighted by molar-refractivity contribution is 5.62. The summed E-state index contributed by atoms with van der Waals surface area (Å²) in [6.45, 7) is 0. The third-order valence-corrected chi connectivity index (χ3v) is 1.75. The molecule has 1 aromatic heterocycles. The summed E-state index contributed by atoms with van der Waals surface area (Å²) in [7, 11) is 0. The van der Waals surface area contributed by atoms with Crippen LogP contribution in [0.4, 0.5) is 0 Å². The van der Waals surface area contributed by atoms with Crippen LogP contribution in [-0.2, 0) is 0 Å². The van der Waals surface area contributed by atoms with Gasteiger partial charge in [0.1, 0.15) is 0 Å². The number of hydrogen-bond donors (Lipinski definition) is 1. The molecule has 0 unspecified atom stereocenters. The molecule has 2 aromatic rings. The van der Waals surface area contributed by atoms with E-state index in [2.05, 4.69) is 10.2 Å². The fraction of sp³-hybridized carbons (Fsp3) is 0. The topological polar surface area (TPSA) is 46.0 Å². The van der Waals surface area contributed by atoms with Crippen LogP contribution in [-0.4, -0.2) is 15.3 Å². The van der Waals surface area contributed by atoms with E-state index in [1.54, 1.807) is 12.3 Å². The highest BCUT2D eigenvalue weighted by Crippen LogP contribution is 2.19. The Hall–Kier alpha value is -1.90. The monoisotopic (exact) mass is 172 g/mol. The molecule has 0 aliphatic rings. The zero-order chi connectivity index (χ0) is 9.10. The Balaban J connectivity index is 2.48. The summed E-state index contributed by atoms with van der Waals surface area (Å²) in [6, 6.07) is 11.3. The molecule has 0 aliphatic carbocycles. The van der Waals surface area contributed by atoms with Crippen molar-refractivity contribution in [1.82, 2.24) is 10.2 Å². The summed E-state index contributed by atoms with van der Waals surface area (Å²) in [6.07, 6.45) is 1.62. The van der Waals surface area contributed by atoms with Crippen molar-refractivity contribution in [3.8, 4) is 17.0 Å². The van der Waals surface area contributed by atoms with E-state index in [4.69, 9.17) is 5.11 Å². The van der Waals surface area contributed by atoms with Gasteiger partial charge in [-0.1, -0.05) is 30.3 Å². The minimum absolute atomic E-state index is 0.0543. The van der Waals surface area contributed by atoms with Crippen LogP contribution in [0, 0.1) is 0 Å². The average Bonchev–Trinajstić information content (AvgIpc) is 2.19. The van der Waals surface area contributed by atoms with E-state index in [9.17, 15) is 0 Å². The van der Waals surface area contributed by atoms with Crippen molar-refractivity contribution >= 4 is 0 Å². The minimum Gasteiger partial charge on any atom is -0.492 e. The van der Waals surface area contributed by atoms with Crippen LogP contribution < -0.4 is 0 Å². The van der Waals surface area contributed by atoms with Crippen LogP contribution in [0.25, 0.3) is 11.1 Å². The smallest absolute Gasteiger partial charge is 0.231 e. The quantitative estimate of drug-likeness (QED) is 0.714. The average molecular weight is 172 g/mol. The molecule has 0 fully saturated rings.